The van der Waals surface area contributed by atoms with Crippen LogP contribution in [0.25, 0.3) is 6.08 Å². The number of hydrogen-bond acceptors (Lipinski definition) is 8. The minimum atomic E-state index is -0.681. The van der Waals surface area contributed by atoms with Crippen molar-refractivity contribution in [3.05, 3.63) is 92.5 Å². The average molecular weight is 464 g/mol. The normalized spacial score (nSPS) is 12.5. The first kappa shape index (κ1) is 21.7. The maximum absolute atomic E-state index is 12.8. The zero-order valence-electron chi connectivity index (χ0n) is 16.9. The smallest absolute Gasteiger partial charge is 0.324 e. The summed E-state index contributed by atoms with van der Waals surface area (Å²) in [4.78, 5) is 36.2. The first-order chi connectivity index (χ1) is 16.0. The number of nitrogens with one attached hydrogen (secondary N) is 2. The van der Waals surface area contributed by atoms with E-state index in [0.29, 0.717) is 27.5 Å². The van der Waals surface area contributed by atoms with Crippen LogP contribution in [0.1, 0.15) is 20.8 Å². The summed E-state index contributed by atoms with van der Waals surface area (Å²) in [5.74, 6) is -0.0498. The number of rotatable bonds is 7. The van der Waals surface area contributed by atoms with Crippen LogP contribution in [0, 0.1) is 10.1 Å². The van der Waals surface area contributed by atoms with Crippen LogP contribution >= 0.6 is 11.3 Å². The van der Waals surface area contributed by atoms with E-state index in [0.717, 1.165) is 11.3 Å². The number of nitro groups is 1. The van der Waals surface area contributed by atoms with Gasteiger partial charge in [0.1, 0.15) is 5.70 Å². The lowest BCUT2D eigenvalue weighted by Gasteiger charge is -2.09. The zero-order valence-corrected chi connectivity index (χ0v) is 17.7. The highest BCUT2D eigenvalue weighted by atomic mass is 32.1. The van der Waals surface area contributed by atoms with Gasteiger partial charge in [0, 0.05) is 11.6 Å². The van der Waals surface area contributed by atoms with Gasteiger partial charge in [0.05, 0.1) is 16.0 Å². The van der Waals surface area contributed by atoms with Gasteiger partial charge in [-0.1, -0.05) is 35.6 Å². The van der Waals surface area contributed by atoms with Gasteiger partial charge in [-0.2, -0.15) is 5.10 Å². The summed E-state index contributed by atoms with van der Waals surface area (Å²) >= 11 is 0.913. The number of ether oxygens (including phenoxy) is 2. The van der Waals surface area contributed by atoms with Gasteiger partial charge < -0.3 is 14.8 Å². The lowest BCUT2D eigenvalue weighted by molar-refractivity contribution is -0.380. The van der Waals surface area contributed by atoms with Gasteiger partial charge in [-0.3, -0.25) is 19.7 Å². The molecule has 3 aromatic rings. The summed E-state index contributed by atoms with van der Waals surface area (Å²) in [6.45, 7) is 0.107. The SMILES string of the molecule is O=C(N/N=C/c1ccc([N+](=O)[O-])s1)/C(=C\c1ccc2c(c1)OCO2)NC(=O)c1ccccc1. The Hall–Kier alpha value is -4.51. The molecule has 0 unspecified atom stereocenters. The van der Waals surface area contributed by atoms with Gasteiger partial charge in [-0.05, 0) is 42.0 Å². The molecule has 2 aromatic carbocycles. The number of hydrogen-bond donors (Lipinski definition) is 2. The molecule has 0 aliphatic carbocycles. The highest BCUT2D eigenvalue weighted by Crippen LogP contribution is 2.33. The minimum absolute atomic E-state index is 0.0405. The Morgan fingerprint density at radius 3 is 2.61 bits per heavy atom. The highest BCUT2D eigenvalue weighted by Gasteiger charge is 2.17. The molecule has 1 aliphatic rings. The van der Waals surface area contributed by atoms with Crippen molar-refractivity contribution in [2.75, 3.05) is 6.79 Å². The number of hydrazone groups is 1. The van der Waals surface area contributed by atoms with Crippen molar-refractivity contribution in [1.29, 1.82) is 0 Å². The van der Waals surface area contributed by atoms with E-state index in [2.05, 4.69) is 15.8 Å². The second kappa shape index (κ2) is 9.75. The molecular formula is C22H16N4O6S. The van der Waals surface area contributed by atoms with Gasteiger partial charge in [0.2, 0.25) is 6.79 Å². The van der Waals surface area contributed by atoms with Crippen LogP contribution in [0.15, 0.2) is 71.5 Å². The molecule has 33 heavy (non-hydrogen) atoms. The Balaban J connectivity index is 1.54. The van der Waals surface area contributed by atoms with Crippen molar-refractivity contribution >= 4 is 40.4 Å². The van der Waals surface area contributed by atoms with Crippen LogP contribution in [0.2, 0.25) is 0 Å². The van der Waals surface area contributed by atoms with Crippen molar-refractivity contribution in [3.63, 3.8) is 0 Å². The molecule has 1 aromatic heterocycles. The number of carbonyl (C=O) groups is 2. The van der Waals surface area contributed by atoms with Crippen LogP contribution in [0.4, 0.5) is 5.00 Å². The van der Waals surface area contributed by atoms with E-state index in [4.69, 9.17) is 9.47 Å². The number of thiophene rings is 1. The van der Waals surface area contributed by atoms with E-state index < -0.39 is 16.7 Å². The summed E-state index contributed by atoms with van der Waals surface area (Å²) < 4.78 is 10.6. The molecule has 4 rings (SSSR count). The average Bonchev–Trinajstić information content (AvgIpc) is 3.48. The van der Waals surface area contributed by atoms with Gasteiger partial charge in [-0.25, -0.2) is 5.43 Å². The number of amides is 2. The largest absolute Gasteiger partial charge is 0.454 e. The third kappa shape index (κ3) is 5.40. The van der Waals surface area contributed by atoms with Crippen molar-refractivity contribution in [3.8, 4) is 11.5 Å². The van der Waals surface area contributed by atoms with Crippen LogP contribution in [0.5, 0.6) is 11.5 Å². The molecule has 2 amide bonds. The number of fused-ring (bicyclic) bond motifs is 1. The molecule has 11 heteroatoms. The molecule has 0 saturated heterocycles. The van der Waals surface area contributed by atoms with Crippen LogP contribution in [-0.2, 0) is 4.79 Å². The molecule has 0 bridgehead atoms. The van der Waals surface area contributed by atoms with E-state index in [9.17, 15) is 19.7 Å². The number of nitrogens with zero attached hydrogens (tertiary/aromatic N) is 2. The van der Waals surface area contributed by atoms with Gasteiger partial charge in [-0.15, -0.1) is 0 Å². The first-order valence-electron chi connectivity index (χ1n) is 9.55. The highest BCUT2D eigenvalue weighted by molar-refractivity contribution is 7.16. The molecule has 0 atom stereocenters. The molecule has 2 heterocycles. The van der Waals surface area contributed by atoms with E-state index in [1.807, 2.05) is 0 Å². The van der Waals surface area contributed by atoms with Crippen LogP contribution < -0.4 is 20.2 Å². The molecule has 10 nitrogen and oxygen atoms in total. The second-order valence-corrected chi connectivity index (χ2v) is 7.72. The quantitative estimate of drug-likeness (QED) is 0.239. The van der Waals surface area contributed by atoms with E-state index >= 15 is 0 Å². The Morgan fingerprint density at radius 1 is 1.06 bits per heavy atom. The summed E-state index contributed by atoms with van der Waals surface area (Å²) in [6, 6.07) is 16.4. The first-order valence-corrected chi connectivity index (χ1v) is 10.4. The topological polar surface area (TPSA) is 132 Å². The molecule has 0 fully saturated rings. The predicted octanol–water partition coefficient (Wildman–Crippen LogP) is 3.31. The van der Waals surface area contributed by atoms with Gasteiger partial charge in [0.15, 0.2) is 11.5 Å². The summed E-state index contributed by atoms with van der Waals surface area (Å²) in [5, 5.41) is 17.2. The second-order valence-electron chi connectivity index (χ2n) is 6.62. The van der Waals surface area contributed by atoms with E-state index in [-0.39, 0.29) is 17.5 Å². The van der Waals surface area contributed by atoms with Crippen molar-refractivity contribution in [2.45, 2.75) is 0 Å². The molecule has 0 radical (unpaired) electrons. The predicted molar refractivity (Wildman–Crippen MR) is 121 cm³/mol. The standard InChI is InChI=1S/C22H16N4O6S/c27-21(15-4-2-1-3-5-15)24-17(10-14-6-8-18-19(11-14)32-13-31-18)22(28)25-23-12-16-7-9-20(33-16)26(29)30/h1-12H,13H2,(H,24,27)(H,25,28)/b17-10+,23-12+. The van der Waals surface area contributed by atoms with Crippen LogP contribution in [0.3, 0.4) is 0 Å². The number of carbonyl (C=O) groups excluding carboxylic acids is 2. The molecule has 0 spiro atoms. The fourth-order valence-corrected chi connectivity index (χ4v) is 3.53. The summed E-state index contributed by atoms with van der Waals surface area (Å²) in [7, 11) is 0. The third-order valence-corrected chi connectivity index (χ3v) is 5.36. The molecule has 0 saturated carbocycles. The van der Waals surface area contributed by atoms with Crippen LogP contribution in [-0.4, -0.2) is 29.7 Å². The summed E-state index contributed by atoms with van der Waals surface area (Å²) in [5.41, 5.74) is 3.23. The Kier molecular flexibility index (Phi) is 6.41. The zero-order chi connectivity index (χ0) is 23.2. The summed E-state index contributed by atoms with van der Waals surface area (Å²) in [6.07, 6.45) is 2.76. The Morgan fingerprint density at radius 2 is 1.85 bits per heavy atom. The maximum Gasteiger partial charge on any atom is 0.324 e. The molecule has 1 aliphatic heterocycles. The van der Waals surface area contributed by atoms with Gasteiger partial charge in [0.25, 0.3) is 11.8 Å². The number of benzene rings is 2. The Labute approximate surface area is 191 Å². The molecular weight excluding hydrogens is 448 g/mol. The van der Waals surface area contributed by atoms with Crippen molar-refractivity contribution in [1.82, 2.24) is 10.7 Å². The van der Waals surface area contributed by atoms with E-state index in [1.54, 1.807) is 48.5 Å². The Bertz CT molecular complexity index is 1270. The van der Waals surface area contributed by atoms with Crippen molar-refractivity contribution in [2.24, 2.45) is 5.10 Å². The monoisotopic (exact) mass is 464 g/mol. The maximum atomic E-state index is 12.8. The fraction of sp³-hybridized carbons (Fsp3) is 0.0455. The minimum Gasteiger partial charge on any atom is -0.454 e. The molecule has 166 valence electrons. The van der Waals surface area contributed by atoms with Gasteiger partial charge >= 0.3 is 5.00 Å². The third-order valence-electron chi connectivity index (χ3n) is 4.39. The lowest BCUT2D eigenvalue weighted by Crippen LogP contribution is -2.32. The fourth-order valence-electron chi connectivity index (χ4n) is 2.84. The lowest BCUT2D eigenvalue weighted by atomic mass is 10.1. The van der Waals surface area contributed by atoms with E-state index in [1.165, 1.54) is 24.4 Å². The van der Waals surface area contributed by atoms with Crippen molar-refractivity contribution < 1.29 is 24.0 Å². The molecule has 2 N–H and O–H groups in total.